The van der Waals surface area contributed by atoms with E-state index < -0.39 is 18.4 Å². The van der Waals surface area contributed by atoms with E-state index in [0.29, 0.717) is 6.54 Å². The zero-order valence-corrected chi connectivity index (χ0v) is 5.46. The molecule has 2 fully saturated rings. The summed E-state index contributed by atoms with van der Waals surface area (Å²) in [6.45, 7) is 0.579. The molecule has 4 heteroatoms. The normalized spacial score (nSPS) is 53.4. The lowest BCUT2D eigenvalue weighted by Gasteiger charge is -2.09. The third kappa shape index (κ3) is 0.761. The Morgan fingerprint density at radius 1 is 1.60 bits per heavy atom. The summed E-state index contributed by atoms with van der Waals surface area (Å²) in [6.07, 6.45) is -1.87. The summed E-state index contributed by atoms with van der Waals surface area (Å²) in [5.74, 6) is 0. The Morgan fingerprint density at radius 3 is 3.10 bits per heavy atom. The summed E-state index contributed by atoms with van der Waals surface area (Å²) in [6, 6.07) is -0.171. The summed E-state index contributed by atoms with van der Waals surface area (Å²) >= 11 is 0. The molecule has 2 heterocycles. The van der Waals surface area contributed by atoms with Crippen molar-refractivity contribution in [2.75, 3.05) is 13.2 Å². The number of fused-ring (bicyclic) bond motifs is 1. The van der Waals surface area contributed by atoms with E-state index in [4.69, 9.17) is 9.84 Å². The number of ether oxygens (including phenoxy) is 1. The van der Waals surface area contributed by atoms with E-state index in [0.717, 1.165) is 0 Å². The zero-order valence-electron chi connectivity index (χ0n) is 5.46. The zero-order chi connectivity index (χ0) is 7.14. The number of rotatable bonds is 0. The van der Waals surface area contributed by atoms with E-state index in [1.807, 2.05) is 0 Å². The second kappa shape index (κ2) is 2.15. The lowest BCUT2D eigenvalue weighted by molar-refractivity contribution is 0.0496. The highest BCUT2D eigenvalue weighted by Gasteiger charge is 2.45. The van der Waals surface area contributed by atoms with Gasteiger partial charge in [0.25, 0.3) is 0 Å². The van der Waals surface area contributed by atoms with Crippen molar-refractivity contribution in [3.05, 3.63) is 0 Å². The molecule has 0 bridgehead atoms. The van der Waals surface area contributed by atoms with Gasteiger partial charge in [-0.3, -0.25) is 0 Å². The summed E-state index contributed by atoms with van der Waals surface area (Å²) in [5.41, 5.74) is 0. The van der Waals surface area contributed by atoms with Gasteiger partial charge in [-0.05, 0) is 0 Å². The van der Waals surface area contributed by atoms with Crippen LogP contribution in [0.3, 0.4) is 0 Å². The van der Waals surface area contributed by atoms with Crippen LogP contribution in [0.1, 0.15) is 0 Å². The predicted molar refractivity (Wildman–Crippen MR) is 32.4 cm³/mol. The number of alkyl halides is 1. The van der Waals surface area contributed by atoms with E-state index in [1.54, 1.807) is 0 Å². The smallest absolute Gasteiger partial charge is 0.140 e. The van der Waals surface area contributed by atoms with Gasteiger partial charge in [0.1, 0.15) is 12.3 Å². The average molecular weight is 147 g/mol. The molecule has 2 rings (SSSR count). The second-order valence-corrected chi connectivity index (χ2v) is 2.82. The lowest BCUT2D eigenvalue weighted by atomic mass is 10.1. The molecule has 3 nitrogen and oxygen atoms in total. The maximum Gasteiger partial charge on any atom is 0.140 e. The first kappa shape index (κ1) is 6.52. The molecule has 0 aromatic heterocycles. The van der Waals surface area contributed by atoms with E-state index in [9.17, 15) is 4.39 Å². The van der Waals surface area contributed by atoms with Gasteiger partial charge in [0, 0.05) is 6.54 Å². The van der Waals surface area contributed by atoms with Crippen LogP contribution in [0.4, 0.5) is 4.39 Å². The fourth-order valence-corrected chi connectivity index (χ4v) is 1.58. The highest BCUT2D eigenvalue weighted by Crippen LogP contribution is 2.23. The minimum Gasteiger partial charge on any atom is -0.389 e. The highest BCUT2D eigenvalue weighted by atomic mass is 19.1. The molecule has 1 unspecified atom stereocenters. The molecule has 2 saturated heterocycles. The van der Waals surface area contributed by atoms with Gasteiger partial charge in [0.15, 0.2) is 0 Å². The lowest BCUT2D eigenvalue weighted by Crippen LogP contribution is -2.36. The molecule has 0 amide bonds. The molecule has 10 heavy (non-hydrogen) atoms. The number of hydrogen-bond donors (Lipinski definition) is 2. The van der Waals surface area contributed by atoms with Crippen LogP contribution in [0.5, 0.6) is 0 Å². The number of aliphatic hydroxyl groups excluding tert-OH is 1. The first-order chi connectivity index (χ1) is 4.79. The third-order valence-electron chi connectivity index (χ3n) is 2.13. The summed E-state index contributed by atoms with van der Waals surface area (Å²) in [4.78, 5) is 0. The van der Waals surface area contributed by atoms with Gasteiger partial charge in [-0.15, -0.1) is 0 Å². The van der Waals surface area contributed by atoms with E-state index >= 15 is 0 Å². The van der Waals surface area contributed by atoms with Crippen LogP contribution >= 0.6 is 0 Å². The Bertz CT molecular complexity index is 128. The van der Waals surface area contributed by atoms with Crippen molar-refractivity contribution in [2.24, 2.45) is 0 Å². The van der Waals surface area contributed by atoms with Crippen LogP contribution in [0, 0.1) is 0 Å². The predicted octanol–water partition coefficient (Wildman–Crippen LogP) is -0.944. The Balaban J connectivity index is 2.09. The topological polar surface area (TPSA) is 41.5 Å². The van der Waals surface area contributed by atoms with Crippen molar-refractivity contribution < 1.29 is 14.2 Å². The van der Waals surface area contributed by atoms with Gasteiger partial charge in [0.2, 0.25) is 0 Å². The van der Waals surface area contributed by atoms with Crippen molar-refractivity contribution in [3.8, 4) is 0 Å². The fourth-order valence-electron chi connectivity index (χ4n) is 1.58. The number of nitrogens with one attached hydrogen (secondary N) is 1. The minimum absolute atomic E-state index is 0.171. The Labute approximate surface area is 58.2 Å². The van der Waals surface area contributed by atoms with E-state index in [1.165, 1.54) is 0 Å². The Kier molecular flexibility index (Phi) is 1.40. The van der Waals surface area contributed by atoms with Crippen molar-refractivity contribution in [3.63, 3.8) is 0 Å². The molecule has 0 aliphatic carbocycles. The summed E-state index contributed by atoms with van der Waals surface area (Å²) < 4.78 is 17.8. The van der Waals surface area contributed by atoms with Crippen LogP contribution in [0.2, 0.25) is 0 Å². The molecule has 0 radical (unpaired) electrons. The van der Waals surface area contributed by atoms with Crippen LogP contribution < -0.4 is 5.32 Å². The van der Waals surface area contributed by atoms with Crippen LogP contribution in [0.15, 0.2) is 0 Å². The molecular weight excluding hydrogens is 137 g/mol. The summed E-state index contributed by atoms with van der Waals surface area (Å²) in [5, 5.41) is 12.0. The minimum atomic E-state index is -0.942. The average Bonchev–Trinajstić information content (AvgIpc) is 2.41. The molecule has 4 atom stereocenters. The second-order valence-electron chi connectivity index (χ2n) is 2.82. The van der Waals surface area contributed by atoms with Gasteiger partial charge >= 0.3 is 0 Å². The van der Waals surface area contributed by atoms with Crippen molar-refractivity contribution >= 4 is 0 Å². The van der Waals surface area contributed by atoms with Gasteiger partial charge in [-0.25, -0.2) is 4.39 Å². The molecule has 0 aromatic rings. The first-order valence-corrected chi connectivity index (χ1v) is 3.46. The summed E-state index contributed by atoms with van der Waals surface area (Å²) in [7, 11) is 0. The monoisotopic (exact) mass is 147 g/mol. The number of halogens is 1. The van der Waals surface area contributed by atoms with Crippen LogP contribution in [0.25, 0.3) is 0 Å². The standard InChI is InChI=1S/C6H10FNO2/c7-3-1-8-5-4(9)2-10-6(3)5/h3-6,8-9H,1-2H2/t3-,4?,5+,6+/m0/s1. The number of aliphatic hydroxyl groups is 1. The van der Waals surface area contributed by atoms with Gasteiger partial charge in [-0.2, -0.15) is 0 Å². The first-order valence-electron chi connectivity index (χ1n) is 3.46. The van der Waals surface area contributed by atoms with Gasteiger partial charge < -0.3 is 15.2 Å². The molecule has 0 aromatic carbocycles. The number of hydrogen-bond acceptors (Lipinski definition) is 3. The van der Waals surface area contributed by atoms with Crippen LogP contribution in [-0.4, -0.2) is 42.7 Å². The SMILES string of the molecule is OC1CO[C@H]2[C@@H]1NC[C@@H]2F. The van der Waals surface area contributed by atoms with Crippen LogP contribution in [-0.2, 0) is 4.74 Å². The molecule has 2 N–H and O–H groups in total. The molecule has 2 aliphatic heterocycles. The maximum absolute atomic E-state index is 12.8. The highest BCUT2D eigenvalue weighted by molar-refractivity contribution is 4.99. The molecule has 0 saturated carbocycles. The van der Waals surface area contributed by atoms with Gasteiger partial charge in [0.05, 0.1) is 18.8 Å². The van der Waals surface area contributed by atoms with E-state index in [-0.39, 0.29) is 12.6 Å². The fraction of sp³-hybridized carbons (Fsp3) is 1.00. The maximum atomic E-state index is 12.8. The Hall–Kier alpha value is -0.190. The van der Waals surface area contributed by atoms with E-state index in [2.05, 4.69) is 5.32 Å². The molecule has 2 aliphatic rings. The third-order valence-corrected chi connectivity index (χ3v) is 2.13. The Morgan fingerprint density at radius 2 is 2.40 bits per heavy atom. The molecular formula is C6H10FNO2. The molecule has 58 valence electrons. The largest absolute Gasteiger partial charge is 0.389 e. The molecule has 0 spiro atoms. The quantitative estimate of drug-likeness (QED) is 0.464. The van der Waals surface area contributed by atoms with Crippen molar-refractivity contribution in [1.82, 2.24) is 5.32 Å². The van der Waals surface area contributed by atoms with Gasteiger partial charge in [-0.1, -0.05) is 0 Å². The van der Waals surface area contributed by atoms with Crippen molar-refractivity contribution in [2.45, 2.75) is 24.4 Å². The van der Waals surface area contributed by atoms with Crippen molar-refractivity contribution in [1.29, 1.82) is 0 Å².